The second kappa shape index (κ2) is 7.02. The van der Waals surface area contributed by atoms with Crippen molar-refractivity contribution in [1.82, 2.24) is 4.72 Å². The van der Waals surface area contributed by atoms with Crippen LogP contribution in [-0.2, 0) is 10.0 Å². The number of aliphatic hydroxyl groups is 2. The molecule has 22 heavy (non-hydrogen) atoms. The van der Waals surface area contributed by atoms with Crippen LogP contribution in [0.5, 0.6) is 0 Å². The van der Waals surface area contributed by atoms with E-state index in [4.69, 9.17) is 0 Å². The molecule has 0 heterocycles. The zero-order valence-electron chi connectivity index (χ0n) is 12.2. The molecule has 2 aromatic rings. The standard InChI is InChI=1S/C16H19NO4S/c1-12-7-9-14(10-8-12)22(20,21)17-16(15(19)11-18)13-5-3-2-4-6-13/h2-10,15-19H,11H2,1H3/t15-,16-/m1/s1. The van der Waals surface area contributed by atoms with Gasteiger partial charge in [0.05, 0.1) is 23.6 Å². The van der Waals surface area contributed by atoms with Crippen LogP contribution in [0, 0.1) is 6.92 Å². The molecule has 5 nitrogen and oxygen atoms in total. The topological polar surface area (TPSA) is 86.6 Å². The minimum absolute atomic E-state index is 0.115. The Bertz CT molecular complexity index is 699. The molecule has 0 aliphatic rings. The maximum absolute atomic E-state index is 12.4. The molecule has 2 aromatic carbocycles. The third-order valence-electron chi connectivity index (χ3n) is 3.34. The molecule has 0 unspecified atom stereocenters. The number of benzene rings is 2. The summed E-state index contributed by atoms with van der Waals surface area (Å²) in [5.74, 6) is 0. The second-order valence-corrected chi connectivity index (χ2v) is 6.79. The Morgan fingerprint density at radius 2 is 1.64 bits per heavy atom. The lowest BCUT2D eigenvalue weighted by atomic mass is 10.0. The molecule has 0 radical (unpaired) electrons. The van der Waals surface area contributed by atoms with Gasteiger partial charge in [0.2, 0.25) is 10.0 Å². The van der Waals surface area contributed by atoms with Crippen molar-refractivity contribution in [3.8, 4) is 0 Å². The van der Waals surface area contributed by atoms with Gasteiger partial charge in [0.25, 0.3) is 0 Å². The fourth-order valence-corrected chi connectivity index (χ4v) is 3.35. The van der Waals surface area contributed by atoms with Crippen LogP contribution in [0.25, 0.3) is 0 Å². The normalized spacial score (nSPS) is 14.5. The molecule has 2 atom stereocenters. The van der Waals surface area contributed by atoms with Crippen LogP contribution in [-0.4, -0.2) is 31.3 Å². The van der Waals surface area contributed by atoms with Crippen LogP contribution in [0.15, 0.2) is 59.5 Å². The molecule has 0 aliphatic heterocycles. The van der Waals surface area contributed by atoms with E-state index in [-0.39, 0.29) is 4.90 Å². The fourth-order valence-electron chi connectivity index (χ4n) is 2.09. The summed E-state index contributed by atoms with van der Waals surface area (Å²) < 4.78 is 27.3. The predicted molar refractivity (Wildman–Crippen MR) is 83.8 cm³/mol. The van der Waals surface area contributed by atoms with Crippen LogP contribution in [0.4, 0.5) is 0 Å². The van der Waals surface area contributed by atoms with E-state index in [2.05, 4.69) is 4.72 Å². The highest BCUT2D eigenvalue weighted by atomic mass is 32.2. The average molecular weight is 321 g/mol. The van der Waals surface area contributed by atoms with Crippen LogP contribution in [0.2, 0.25) is 0 Å². The van der Waals surface area contributed by atoms with Crippen LogP contribution in [0.3, 0.4) is 0 Å². The van der Waals surface area contributed by atoms with Gasteiger partial charge in [-0.3, -0.25) is 0 Å². The van der Waals surface area contributed by atoms with Crippen molar-refractivity contribution in [2.45, 2.75) is 24.0 Å². The molecule has 118 valence electrons. The highest BCUT2D eigenvalue weighted by Crippen LogP contribution is 2.20. The molecular formula is C16H19NO4S. The molecule has 0 spiro atoms. The van der Waals surface area contributed by atoms with Crippen molar-refractivity contribution in [3.05, 3.63) is 65.7 Å². The first kappa shape index (κ1) is 16.6. The first-order chi connectivity index (χ1) is 10.4. The van der Waals surface area contributed by atoms with Crippen LogP contribution in [0.1, 0.15) is 17.2 Å². The Hall–Kier alpha value is -1.73. The number of rotatable bonds is 6. The summed E-state index contributed by atoms with van der Waals surface area (Å²) in [6, 6.07) is 14.2. The lowest BCUT2D eigenvalue weighted by Gasteiger charge is -2.23. The molecule has 0 aliphatic carbocycles. The zero-order chi connectivity index (χ0) is 16.2. The number of hydrogen-bond acceptors (Lipinski definition) is 4. The lowest BCUT2D eigenvalue weighted by molar-refractivity contribution is 0.0693. The molecule has 0 saturated heterocycles. The van der Waals surface area contributed by atoms with Crippen molar-refractivity contribution in [2.24, 2.45) is 0 Å². The summed E-state index contributed by atoms with van der Waals surface area (Å²) in [5, 5.41) is 19.1. The lowest BCUT2D eigenvalue weighted by Crippen LogP contribution is -2.38. The highest BCUT2D eigenvalue weighted by Gasteiger charge is 2.26. The average Bonchev–Trinajstić information content (AvgIpc) is 2.53. The van der Waals surface area contributed by atoms with E-state index in [9.17, 15) is 18.6 Å². The molecule has 0 aromatic heterocycles. The van der Waals surface area contributed by atoms with E-state index in [1.165, 1.54) is 12.1 Å². The molecule has 0 fully saturated rings. The van der Waals surface area contributed by atoms with Crippen LogP contribution >= 0.6 is 0 Å². The van der Waals surface area contributed by atoms with E-state index < -0.39 is 28.8 Å². The molecule has 0 saturated carbocycles. The van der Waals surface area contributed by atoms with Crippen molar-refractivity contribution >= 4 is 10.0 Å². The van der Waals surface area contributed by atoms with Crippen molar-refractivity contribution in [1.29, 1.82) is 0 Å². The third-order valence-corrected chi connectivity index (χ3v) is 4.80. The minimum Gasteiger partial charge on any atom is -0.394 e. The van der Waals surface area contributed by atoms with Gasteiger partial charge in [-0.05, 0) is 24.6 Å². The second-order valence-electron chi connectivity index (χ2n) is 5.07. The van der Waals surface area contributed by atoms with Gasteiger partial charge in [-0.25, -0.2) is 13.1 Å². The maximum atomic E-state index is 12.4. The summed E-state index contributed by atoms with van der Waals surface area (Å²) in [6.45, 7) is 1.32. The van der Waals surface area contributed by atoms with Gasteiger partial charge < -0.3 is 10.2 Å². The predicted octanol–water partition coefficient (Wildman–Crippen LogP) is 1.37. The maximum Gasteiger partial charge on any atom is 0.241 e. The van der Waals surface area contributed by atoms with E-state index in [0.717, 1.165) is 5.56 Å². The van der Waals surface area contributed by atoms with E-state index >= 15 is 0 Å². The summed E-state index contributed by atoms with van der Waals surface area (Å²) in [6.07, 6.45) is -1.23. The monoisotopic (exact) mass is 321 g/mol. The van der Waals surface area contributed by atoms with E-state index in [1.807, 2.05) is 6.92 Å². The van der Waals surface area contributed by atoms with Gasteiger partial charge in [-0.15, -0.1) is 0 Å². The Kier molecular flexibility index (Phi) is 5.31. The Morgan fingerprint density at radius 1 is 1.05 bits per heavy atom. The Morgan fingerprint density at radius 3 is 2.18 bits per heavy atom. The quantitative estimate of drug-likeness (QED) is 0.750. The van der Waals surface area contributed by atoms with Crippen molar-refractivity contribution in [3.63, 3.8) is 0 Å². The molecule has 0 bridgehead atoms. The van der Waals surface area contributed by atoms with E-state index in [1.54, 1.807) is 42.5 Å². The number of hydrogen-bond donors (Lipinski definition) is 3. The molecular weight excluding hydrogens is 302 g/mol. The first-order valence-corrected chi connectivity index (χ1v) is 8.35. The smallest absolute Gasteiger partial charge is 0.241 e. The number of nitrogens with one attached hydrogen (secondary N) is 1. The van der Waals surface area contributed by atoms with Gasteiger partial charge in [0.15, 0.2) is 0 Å². The minimum atomic E-state index is -3.80. The fraction of sp³-hybridized carbons (Fsp3) is 0.250. The number of sulfonamides is 1. The van der Waals surface area contributed by atoms with Crippen LogP contribution < -0.4 is 4.72 Å². The SMILES string of the molecule is Cc1ccc(S(=O)(=O)N[C@H](c2ccccc2)[C@H](O)CO)cc1. The molecule has 3 N–H and O–H groups in total. The molecule has 0 amide bonds. The molecule has 6 heteroatoms. The largest absolute Gasteiger partial charge is 0.394 e. The summed E-state index contributed by atoms with van der Waals surface area (Å²) in [7, 11) is -3.80. The summed E-state index contributed by atoms with van der Waals surface area (Å²) >= 11 is 0. The number of aryl methyl sites for hydroxylation is 1. The summed E-state index contributed by atoms with van der Waals surface area (Å²) in [4.78, 5) is 0.115. The van der Waals surface area contributed by atoms with E-state index in [0.29, 0.717) is 5.56 Å². The van der Waals surface area contributed by atoms with Gasteiger partial charge >= 0.3 is 0 Å². The van der Waals surface area contributed by atoms with Gasteiger partial charge in [0, 0.05) is 0 Å². The van der Waals surface area contributed by atoms with Gasteiger partial charge in [-0.1, -0.05) is 48.0 Å². The van der Waals surface area contributed by atoms with Crippen molar-refractivity contribution in [2.75, 3.05) is 6.61 Å². The summed E-state index contributed by atoms with van der Waals surface area (Å²) in [5.41, 5.74) is 1.54. The zero-order valence-corrected chi connectivity index (χ0v) is 13.0. The first-order valence-electron chi connectivity index (χ1n) is 6.87. The highest BCUT2D eigenvalue weighted by molar-refractivity contribution is 7.89. The van der Waals surface area contributed by atoms with Gasteiger partial charge in [0.1, 0.15) is 0 Å². The third kappa shape index (κ3) is 3.92. The Labute approximate surface area is 130 Å². The Balaban J connectivity index is 2.32. The van der Waals surface area contributed by atoms with Crippen molar-refractivity contribution < 1.29 is 18.6 Å². The van der Waals surface area contributed by atoms with Gasteiger partial charge in [-0.2, -0.15) is 0 Å². The molecule has 2 rings (SSSR count). The number of aliphatic hydroxyl groups excluding tert-OH is 2.